The van der Waals surface area contributed by atoms with Crippen molar-refractivity contribution < 1.29 is 9.31 Å². The lowest BCUT2D eigenvalue weighted by Crippen LogP contribution is -2.41. The number of nitrogen functional groups attached to an aromatic ring is 1. The maximum atomic E-state index is 6.31. The molecule has 110 valence electrons. The Morgan fingerprint density at radius 3 is 2.10 bits per heavy atom. The van der Waals surface area contributed by atoms with Crippen molar-refractivity contribution in [3.8, 4) is 0 Å². The molecule has 0 unspecified atom stereocenters. The fraction of sp³-hybridized carbons (Fsp3) is 0.538. The molecule has 0 bridgehead atoms. The third kappa shape index (κ3) is 2.79. The van der Waals surface area contributed by atoms with Gasteiger partial charge in [0, 0.05) is 8.95 Å². The van der Waals surface area contributed by atoms with E-state index in [4.69, 9.17) is 20.8 Å². The Kier molecular flexibility index (Phi) is 4.31. The quantitative estimate of drug-likeness (QED) is 0.584. The molecule has 1 fully saturated rings. The number of benzene rings is 1. The second-order valence-corrected chi connectivity index (χ2v) is 7.81. The zero-order chi connectivity index (χ0) is 15.3. The summed E-state index contributed by atoms with van der Waals surface area (Å²) in [7, 11) is -0.525. The number of rotatable bonds is 2. The molecule has 1 aromatic carbocycles. The molecule has 20 heavy (non-hydrogen) atoms. The van der Waals surface area contributed by atoms with E-state index in [0.29, 0.717) is 5.69 Å². The third-order valence-electron chi connectivity index (χ3n) is 4.05. The van der Waals surface area contributed by atoms with Gasteiger partial charge in [-0.05, 0) is 61.3 Å². The van der Waals surface area contributed by atoms with E-state index in [-0.39, 0.29) is 0 Å². The molecule has 0 saturated carbocycles. The first kappa shape index (κ1) is 16.3. The first-order valence-electron chi connectivity index (χ1n) is 6.41. The molecule has 1 aliphatic rings. The Bertz CT molecular complexity index is 521. The monoisotopic (exact) mass is 404 g/mol. The van der Waals surface area contributed by atoms with Crippen LogP contribution in [0.2, 0.25) is 0 Å². The highest BCUT2D eigenvalue weighted by Gasteiger charge is 2.53. The molecule has 7 heteroatoms. The zero-order valence-electron chi connectivity index (χ0n) is 12.0. The molecule has 1 heterocycles. The van der Waals surface area contributed by atoms with Crippen LogP contribution in [-0.4, -0.2) is 18.3 Å². The summed E-state index contributed by atoms with van der Waals surface area (Å²) in [6, 6.07) is 3.78. The molecular formula is C13H19BBr2N2O2. The number of hydrogen-bond donors (Lipinski definition) is 2. The standard InChI is InChI=1S/C13H19BBr2N2O2/c1-12(2)13(3,4)20-14(19-12)11(18)8-5-7(15)6-9(16)10(8)17/h5-6,11H,17-18H2,1-4H3/t11-/m1/s1. The zero-order valence-corrected chi connectivity index (χ0v) is 15.2. The van der Waals surface area contributed by atoms with Crippen molar-refractivity contribution in [1.29, 1.82) is 0 Å². The van der Waals surface area contributed by atoms with Gasteiger partial charge < -0.3 is 20.8 Å². The van der Waals surface area contributed by atoms with Gasteiger partial charge in [0.25, 0.3) is 0 Å². The fourth-order valence-corrected chi connectivity index (χ4v) is 3.32. The Morgan fingerprint density at radius 2 is 1.60 bits per heavy atom. The predicted octanol–water partition coefficient (Wildman–Crippen LogP) is 3.43. The highest BCUT2D eigenvalue weighted by molar-refractivity contribution is 9.11. The topological polar surface area (TPSA) is 70.5 Å². The largest absolute Gasteiger partial charge is 0.480 e. The second-order valence-electron chi connectivity index (χ2n) is 6.04. The van der Waals surface area contributed by atoms with E-state index < -0.39 is 24.3 Å². The highest BCUT2D eigenvalue weighted by Crippen LogP contribution is 2.41. The van der Waals surface area contributed by atoms with Gasteiger partial charge in [-0.25, -0.2) is 0 Å². The summed E-state index contributed by atoms with van der Waals surface area (Å²) in [4.78, 5) is 0. The number of anilines is 1. The van der Waals surface area contributed by atoms with Crippen LogP contribution in [0.1, 0.15) is 39.2 Å². The molecule has 4 N–H and O–H groups in total. The molecule has 1 atom stereocenters. The van der Waals surface area contributed by atoms with Crippen LogP contribution in [-0.2, 0) is 9.31 Å². The lowest BCUT2D eigenvalue weighted by molar-refractivity contribution is 0.00578. The number of halogens is 2. The molecule has 0 aliphatic carbocycles. The average molecular weight is 406 g/mol. The van der Waals surface area contributed by atoms with Crippen molar-refractivity contribution in [3.63, 3.8) is 0 Å². The van der Waals surface area contributed by atoms with Crippen LogP contribution in [0.25, 0.3) is 0 Å². The SMILES string of the molecule is CC1(C)OB([C@H](N)c2cc(Br)cc(Br)c2N)OC1(C)C. The van der Waals surface area contributed by atoms with E-state index in [0.717, 1.165) is 14.5 Å². The normalized spacial score (nSPS) is 22.1. The minimum Gasteiger partial charge on any atom is -0.402 e. The second kappa shape index (κ2) is 5.28. The molecule has 0 spiro atoms. The summed E-state index contributed by atoms with van der Waals surface area (Å²) in [5.41, 5.74) is 13.0. The third-order valence-corrected chi connectivity index (χ3v) is 5.16. The summed E-state index contributed by atoms with van der Waals surface area (Å²) in [6.07, 6.45) is 0. The Hall–Kier alpha value is -0.0751. The van der Waals surface area contributed by atoms with Crippen LogP contribution in [0.4, 0.5) is 5.69 Å². The first-order valence-corrected chi connectivity index (χ1v) is 7.99. The summed E-state index contributed by atoms with van der Waals surface area (Å²) in [5, 5.41) is 0. The van der Waals surface area contributed by atoms with E-state index in [1.807, 2.05) is 39.8 Å². The lowest BCUT2D eigenvalue weighted by Gasteiger charge is -2.32. The number of hydrogen-bond acceptors (Lipinski definition) is 4. The Balaban J connectivity index is 2.32. The van der Waals surface area contributed by atoms with Gasteiger partial charge in [-0.3, -0.25) is 0 Å². The summed E-state index contributed by atoms with van der Waals surface area (Å²) >= 11 is 6.87. The molecule has 1 aliphatic heterocycles. The van der Waals surface area contributed by atoms with Gasteiger partial charge in [-0.15, -0.1) is 0 Å². The van der Waals surface area contributed by atoms with E-state index >= 15 is 0 Å². The number of nitrogens with two attached hydrogens (primary N) is 2. The Morgan fingerprint density at radius 1 is 1.10 bits per heavy atom. The molecular weight excluding hydrogens is 387 g/mol. The predicted molar refractivity (Wildman–Crippen MR) is 89.3 cm³/mol. The van der Waals surface area contributed by atoms with Crippen molar-refractivity contribution in [2.75, 3.05) is 5.73 Å². The maximum absolute atomic E-state index is 6.31. The van der Waals surface area contributed by atoms with Gasteiger partial charge >= 0.3 is 7.12 Å². The molecule has 1 aromatic rings. The van der Waals surface area contributed by atoms with Gasteiger partial charge in [0.15, 0.2) is 0 Å². The van der Waals surface area contributed by atoms with Crippen LogP contribution in [0, 0.1) is 0 Å². The minimum atomic E-state index is -0.525. The van der Waals surface area contributed by atoms with Crippen molar-refractivity contribution in [2.45, 2.75) is 44.8 Å². The molecule has 2 rings (SSSR count). The van der Waals surface area contributed by atoms with Gasteiger partial charge in [0.1, 0.15) is 0 Å². The highest BCUT2D eigenvalue weighted by atomic mass is 79.9. The van der Waals surface area contributed by atoms with Gasteiger partial charge in [-0.1, -0.05) is 15.9 Å². The lowest BCUT2D eigenvalue weighted by atomic mass is 9.74. The van der Waals surface area contributed by atoms with Crippen LogP contribution in [0.15, 0.2) is 21.1 Å². The van der Waals surface area contributed by atoms with Gasteiger partial charge in [0.2, 0.25) is 0 Å². The van der Waals surface area contributed by atoms with E-state index in [2.05, 4.69) is 31.9 Å². The molecule has 0 amide bonds. The van der Waals surface area contributed by atoms with E-state index in [1.54, 1.807) is 0 Å². The first-order chi connectivity index (χ1) is 9.05. The summed E-state index contributed by atoms with van der Waals surface area (Å²) in [6.45, 7) is 8.00. The van der Waals surface area contributed by atoms with E-state index in [1.165, 1.54) is 0 Å². The summed E-state index contributed by atoms with van der Waals surface area (Å²) < 4.78 is 13.7. The maximum Gasteiger partial charge on any atom is 0.480 e. The van der Waals surface area contributed by atoms with Crippen LogP contribution >= 0.6 is 31.9 Å². The van der Waals surface area contributed by atoms with Crippen LogP contribution in [0.5, 0.6) is 0 Å². The fourth-order valence-electron chi connectivity index (χ4n) is 2.06. The molecule has 0 radical (unpaired) electrons. The Labute approximate surface area is 137 Å². The molecule has 4 nitrogen and oxygen atoms in total. The average Bonchev–Trinajstić information content (AvgIpc) is 2.52. The van der Waals surface area contributed by atoms with Crippen LogP contribution in [0.3, 0.4) is 0 Å². The minimum absolute atomic E-state index is 0.409. The van der Waals surface area contributed by atoms with Crippen molar-refractivity contribution in [2.24, 2.45) is 5.73 Å². The molecule has 0 aromatic heterocycles. The van der Waals surface area contributed by atoms with Crippen LogP contribution < -0.4 is 11.5 Å². The van der Waals surface area contributed by atoms with Crippen molar-refractivity contribution in [1.82, 2.24) is 0 Å². The van der Waals surface area contributed by atoms with Crippen molar-refractivity contribution in [3.05, 3.63) is 26.6 Å². The molecule has 1 saturated heterocycles. The summed E-state index contributed by atoms with van der Waals surface area (Å²) in [5.74, 6) is -0.454. The van der Waals surface area contributed by atoms with Crippen molar-refractivity contribution >= 4 is 44.7 Å². The van der Waals surface area contributed by atoms with E-state index in [9.17, 15) is 0 Å². The smallest absolute Gasteiger partial charge is 0.402 e. The van der Waals surface area contributed by atoms with Gasteiger partial charge in [-0.2, -0.15) is 0 Å². The van der Waals surface area contributed by atoms with Gasteiger partial charge in [0.05, 0.1) is 22.8 Å².